The Labute approximate surface area is 111 Å². The fourth-order valence-corrected chi connectivity index (χ4v) is 1.95. The molecule has 0 bridgehead atoms. The number of nitrogens with zero attached hydrogens (tertiary/aromatic N) is 1. The molecule has 1 aromatic carbocycles. The first-order chi connectivity index (χ1) is 8.99. The van der Waals surface area contributed by atoms with E-state index in [0.29, 0.717) is 12.4 Å². The highest BCUT2D eigenvalue weighted by Gasteiger charge is 2.07. The van der Waals surface area contributed by atoms with Crippen molar-refractivity contribution in [1.29, 1.82) is 0 Å². The summed E-state index contributed by atoms with van der Waals surface area (Å²) in [6.07, 6.45) is 1.21. The van der Waals surface area contributed by atoms with E-state index in [-0.39, 0.29) is 4.90 Å². The van der Waals surface area contributed by atoms with Gasteiger partial charge in [-0.25, -0.2) is 18.5 Å². The summed E-state index contributed by atoms with van der Waals surface area (Å²) in [5.41, 5.74) is 7.38. The first-order valence-corrected chi connectivity index (χ1v) is 7.08. The van der Waals surface area contributed by atoms with Gasteiger partial charge in [0, 0.05) is 18.4 Å². The van der Waals surface area contributed by atoms with E-state index in [9.17, 15) is 8.42 Å². The minimum Gasteiger partial charge on any atom is -0.340 e. The number of benzene rings is 1. The molecule has 2 aromatic rings. The van der Waals surface area contributed by atoms with Crippen LogP contribution in [0.4, 0.5) is 11.5 Å². The van der Waals surface area contributed by atoms with Gasteiger partial charge >= 0.3 is 0 Å². The van der Waals surface area contributed by atoms with Crippen LogP contribution in [0.5, 0.6) is 0 Å². The summed E-state index contributed by atoms with van der Waals surface area (Å²) in [5.74, 6) is 0.535. The van der Waals surface area contributed by atoms with Gasteiger partial charge < -0.3 is 11.1 Å². The van der Waals surface area contributed by atoms with Crippen molar-refractivity contribution in [2.75, 3.05) is 5.32 Å². The summed E-state index contributed by atoms with van der Waals surface area (Å²) in [6.45, 7) is 0.488. The highest BCUT2D eigenvalue weighted by atomic mass is 32.2. The summed E-state index contributed by atoms with van der Waals surface area (Å²) in [5, 5.41) is 8.04. The summed E-state index contributed by atoms with van der Waals surface area (Å²) < 4.78 is 22.2. The van der Waals surface area contributed by atoms with Crippen molar-refractivity contribution >= 4 is 21.5 Å². The van der Waals surface area contributed by atoms with Crippen LogP contribution in [0.15, 0.2) is 47.5 Å². The lowest BCUT2D eigenvalue weighted by molar-refractivity contribution is 0.597. The number of pyridine rings is 1. The predicted molar refractivity (Wildman–Crippen MR) is 73.2 cm³/mol. The Bertz CT molecular complexity index is 651. The van der Waals surface area contributed by atoms with Gasteiger partial charge in [-0.1, -0.05) is 12.1 Å². The standard InChI is InChI=1S/C12H14N4O2S/c13-7-9-1-3-10(4-2-9)16-12-6-5-11(8-15-12)19(14,17)18/h1-6,8H,7,13H2,(H,15,16)(H2,14,17,18). The van der Waals surface area contributed by atoms with Gasteiger partial charge in [0.1, 0.15) is 10.7 Å². The zero-order valence-electron chi connectivity index (χ0n) is 10.1. The molecule has 0 saturated heterocycles. The Hall–Kier alpha value is -1.96. The minimum atomic E-state index is -3.71. The van der Waals surface area contributed by atoms with Gasteiger partial charge in [-0.05, 0) is 29.8 Å². The van der Waals surface area contributed by atoms with Crippen LogP contribution in [0.2, 0.25) is 0 Å². The fourth-order valence-electron chi connectivity index (χ4n) is 1.49. The number of anilines is 2. The predicted octanol–water partition coefficient (Wildman–Crippen LogP) is 0.931. The van der Waals surface area contributed by atoms with Crippen LogP contribution in [0.3, 0.4) is 0 Å². The van der Waals surface area contributed by atoms with E-state index in [1.54, 1.807) is 6.07 Å². The van der Waals surface area contributed by atoms with Crippen molar-refractivity contribution in [2.45, 2.75) is 11.4 Å². The molecule has 0 aliphatic carbocycles. The first kappa shape index (κ1) is 13.5. The van der Waals surface area contributed by atoms with Gasteiger partial charge in [-0.15, -0.1) is 0 Å². The lowest BCUT2D eigenvalue weighted by atomic mass is 10.2. The minimum absolute atomic E-state index is 0.0171. The van der Waals surface area contributed by atoms with E-state index in [2.05, 4.69) is 10.3 Å². The molecular weight excluding hydrogens is 264 g/mol. The quantitative estimate of drug-likeness (QED) is 0.770. The first-order valence-electron chi connectivity index (χ1n) is 5.54. The van der Waals surface area contributed by atoms with Gasteiger partial charge in [-0.3, -0.25) is 0 Å². The molecule has 0 radical (unpaired) electrons. The van der Waals surface area contributed by atoms with Crippen LogP contribution in [0.1, 0.15) is 5.56 Å². The highest BCUT2D eigenvalue weighted by Crippen LogP contribution is 2.16. The van der Waals surface area contributed by atoms with Crippen molar-refractivity contribution < 1.29 is 8.42 Å². The van der Waals surface area contributed by atoms with Crippen molar-refractivity contribution in [1.82, 2.24) is 4.98 Å². The Morgan fingerprint density at radius 2 is 1.79 bits per heavy atom. The average Bonchev–Trinajstić information content (AvgIpc) is 2.39. The van der Waals surface area contributed by atoms with Crippen LogP contribution < -0.4 is 16.2 Å². The molecule has 0 aliphatic heterocycles. The number of nitrogens with one attached hydrogen (secondary N) is 1. The molecule has 6 nitrogen and oxygen atoms in total. The maximum Gasteiger partial charge on any atom is 0.239 e. The van der Waals surface area contributed by atoms with E-state index >= 15 is 0 Å². The average molecular weight is 278 g/mol. The second kappa shape index (κ2) is 5.35. The molecule has 0 atom stereocenters. The van der Waals surface area contributed by atoms with E-state index in [1.165, 1.54) is 12.3 Å². The molecule has 1 heterocycles. The molecular formula is C12H14N4O2S. The van der Waals surface area contributed by atoms with Gasteiger partial charge in [0.15, 0.2) is 0 Å². The Morgan fingerprint density at radius 1 is 1.11 bits per heavy atom. The van der Waals surface area contributed by atoms with Crippen molar-refractivity contribution in [3.05, 3.63) is 48.2 Å². The van der Waals surface area contributed by atoms with Gasteiger partial charge in [0.25, 0.3) is 0 Å². The molecule has 2 rings (SSSR count). The number of rotatable bonds is 4. The molecule has 5 N–H and O–H groups in total. The summed E-state index contributed by atoms with van der Waals surface area (Å²) >= 11 is 0. The molecule has 0 amide bonds. The third-order valence-corrected chi connectivity index (χ3v) is 3.43. The summed E-state index contributed by atoms with van der Waals surface area (Å²) in [7, 11) is -3.71. The topological polar surface area (TPSA) is 111 Å². The number of hydrogen-bond donors (Lipinski definition) is 3. The zero-order chi connectivity index (χ0) is 13.9. The normalized spacial score (nSPS) is 11.3. The lowest BCUT2D eigenvalue weighted by Gasteiger charge is -2.06. The number of aromatic nitrogens is 1. The van der Waals surface area contributed by atoms with Crippen molar-refractivity contribution in [3.63, 3.8) is 0 Å². The second-order valence-corrected chi connectivity index (χ2v) is 5.51. The van der Waals surface area contributed by atoms with Gasteiger partial charge in [-0.2, -0.15) is 0 Å². The number of sulfonamides is 1. The van der Waals surface area contributed by atoms with Crippen LogP contribution in [0.25, 0.3) is 0 Å². The Balaban J connectivity index is 2.15. The monoisotopic (exact) mass is 278 g/mol. The van der Waals surface area contributed by atoms with Crippen LogP contribution in [-0.2, 0) is 16.6 Å². The molecule has 100 valence electrons. The maximum atomic E-state index is 11.1. The van der Waals surface area contributed by atoms with E-state index in [4.69, 9.17) is 10.9 Å². The molecule has 0 aliphatic rings. The molecule has 1 aromatic heterocycles. The van der Waals surface area contributed by atoms with E-state index < -0.39 is 10.0 Å². The lowest BCUT2D eigenvalue weighted by Crippen LogP contribution is -2.12. The van der Waals surface area contributed by atoms with Gasteiger partial charge in [0.2, 0.25) is 10.0 Å². The van der Waals surface area contributed by atoms with Crippen molar-refractivity contribution in [2.24, 2.45) is 10.9 Å². The molecule has 19 heavy (non-hydrogen) atoms. The Morgan fingerprint density at radius 3 is 2.26 bits per heavy atom. The van der Waals surface area contributed by atoms with E-state index in [1.807, 2.05) is 24.3 Å². The SMILES string of the molecule is NCc1ccc(Nc2ccc(S(N)(=O)=O)cn2)cc1. The van der Waals surface area contributed by atoms with Crippen LogP contribution in [0, 0.1) is 0 Å². The molecule has 7 heteroatoms. The summed E-state index contributed by atoms with van der Waals surface area (Å²) in [6, 6.07) is 10.5. The molecule has 0 saturated carbocycles. The second-order valence-electron chi connectivity index (χ2n) is 3.95. The number of primary sulfonamides is 1. The smallest absolute Gasteiger partial charge is 0.239 e. The maximum absolute atomic E-state index is 11.1. The fraction of sp³-hybridized carbons (Fsp3) is 0.0833. The molecule has 0 fully saturated rings. The highest BCUT2D eigenvalue weighted by molar-refractivity contribution is 7.89. The van der Waals surface area contributed by atoms with Crippen LogP contribution in [-0.4, -0.2) is 13.4 Å². The summed E-state index contributed by atoms with van der Waals surface area (Å²) in [4.78, 5) is 3.97. The largest absolute Gasteiger partial charge is 0.340 e. The van der Waals surface area contributed by atoms with Gasteiger partial charge in [0.05, 0.1) is 0 Å². The number of hydrogen-bond acceptors (Lipinski definition) is 5. The molecule has 0 spiro atoms. The molecule has 0 unspecified atom stereocenters. The number of nitrogens with two attached hydrogens (primary N) is 2. The Kier molecular flexibility index (Phi) is 3.79. The third kappa shape index (κ3) is 3.50. The third-order valence-electron chi connectivity index (χ3n) is 2.53. The zero-order valence-corrected chi connectivity index (χ0v) is 10.9. The van der Waals surface area contributed by atoms with Crippen LogP contribution >= 0.6 is 0 Å². The van der Waals surface area contributed by atoms with Crippen molar-refractivity contribution in [3.8, 4) is 0 Å². The van der Waals surface area contributed by atoms with E-state index in [0.717, 1.165) is 11.3 Å².